The van der Waals surface area contributed by atoms with Gasteiger partial charge in [0.1, 0.15) is 0 Å². The summed E-state index contributed by atoms with van der Waals surface area (Å²) in [5, 5.41) is 99.8. The highest BCUT2D eigenvalue weighted by molar-refractivity contribution is 5.71. The molecule has 0 heterocycles. The predicted octanol–water partition coefficient (Wildman–Crippen LogP) is 23.2. The van der Waals surface area contributed by atoms with Crippen molar-refractivity contribution in [1.82, 2.24) is 0 Å². The molecule has 24 nitrogen and oxygen atoms in total. The normalized spacial score (nSPS) is 13.4. The average Bonchev–Trinajstić information content (AvgIpc) is 0.989. The molecule has 0 saturated carbocycles. The Labute approximate surface area is 681 Å². The minimum Gasteiger partial charge on any atom is -0.481 e. The summed E-state index contributed by atoms with van der Waals surface area (Å²) in [7, 11) is 0. The highest BCUT2D eigenvalue weighted by Crippen LogP contribution is 2.31. The van der Waals surface area contributed by atoms with E-state index in [2.05, 4.69) is 166 Å². The lowest BCUT2D eigenvalue weighted by molar-refractivity contribution is -0.141. The Bertz CT molecular complexity index is 2030. The summed E-state index contributed by atoms with van der Waals surface area (Å²) in [5.41, 5.74) is 1.96. The fourth-order valence-electron chi connectivity index (χ4n) is 11.3. The minimum absolute atomic E-state index is 0.231. The van der Waals surface area contributed by atoms with Gasteiger partial charge in [0.25, 0.3) is 0 Å². The molecule has 0 aliphatic heterocycles. The maximum atomic E-state index is 10.3. The molecule has 672 valence electrons. The van der Waals surface area contributed by atoms with E-state index < -0.39 is 71.6 Å². The largest absolute Gasteiger partial charge is 0.481 e. The molecule has 8 unspecified atom stereocenters. The van der Waals surface area contributed by atoms with Crippen molar-refractivity contribution in [3.63, 3.8) is 0 Å². The van der Waals surface area contributed by atoms with Crippen LogP contribution in [-0.4, -0.2) is 133 Å². The Balaban J connectivity index is -0.0000000981. The molecule has 0 aromatic carbocycles. The summed E-state index contributed by atoms with van der Waals surface area (Å²) < 4.78 is 0. The van der Waals surface area contributed by atoms with Crippen LogP contribution in [0, 0.1) is 114 Å². The van der Waals surface area contributed by atoms with E-state index in [1.54, 1.807) is 55.4 Å². The number of hydrogen-bond acceptors (Lipinski definition) is 12. The lowest BCUT2D eigenvalue weighted by Gasteiger charge is -2.21. The van der Waals surface area contributed by atoms with Crippen LogP contribution in [0.3, 0.4) is 0 Å². The highest BCUT2D eigenvalue weighted by Gasteiger charge is 2.23. The Hall–Kier alpha value is -6.36. The van der Waals surface area contributed by atoms with Crippen LogP contribution in [0.25, 0.3) is 0 Å². The summed E-state index contributed by atoms with van der Waals surface area (Å²) in [6.07, 6.45) is 10.1. The number of aliphatic carboxylic acids is 12. The van der Waals surface area contributed by atoms with Crippen molar-refractivity contribution >= 4 is 71.6 Å². The van der Waals surface area contributed by atoms with Crippen LogP contribution in [-0.2, 0) is 57.5 Å². The summed E-state index contributed by atoms with van der Waals surface area (Å²) in [6.45, 7) is 80.1. The van der Waals surface area contributed by atoms with Gasteiger partial charge in [0.2, 0.25) is 0 Å². The van der Waals surface area contributed by atoms with Gasteiger partial charge in [-0.25, -0.2) is 0 Å². The first-order chi connectivity index (χ1) is 49.1. The topological polar surface area (TPSA) is 448 Å². The molecule has 12 N–H and O–H groups in total. The van der Waals surface area contributed by atoms with Crippen molar-refractivity contribution in [2.24, 2.45) is 114 Å². The molecule has 0 radical (unpaired) electrons. The highest BCUT2D eigenvalue weighted by atomic mass is 16.4. The van der Waals surface area contributed by atoms with Gasteiger partial charge < -0.3 is 61.3 Å². The number of carboxylic acids is 12. The van der Waals surface area contributed by atoms with Crippen LogP contribution in [0.4, 0.5) is 0 Å². The van der Waals surface area contributed by atoms with Gasteiger partial charge in [0.05, 0.1) is 23.7 Å². The number of rotatable bonds is 28. The van der Waals surface area contributed by atoms with E-state index in [9.17, 15) is 57.5 Å². The van der Waals surface area contributed by atoms with Crippen LogP contribution in [0.1, 0.15) is 380 Å². The van der Waals surface area contributed by atoms with Crippen molar-refractivity contribution in [3.05, 3.63) is 0 Å². The van der Waals surface area contributed by atoms with Crippen LogP contribution >= 0.6 is 0 Å². The van der Waals surface area contributed by atoms with Crippen LogP contribution in [0.2, 0.25) is 0 Å². The number of hydrogen-bond donors (Lipinski definition) is 12. The Morgan fingerprint density at radius 3 is 0.241 bits per heavy atom. The minimum atomic E-state index is -0.741. The first-order valence-corrected chi connectivity index (χ1v) is 39.7. The van der Waals surface area contributed by atoms with Crippen molar-refractivity contribution in [2.75, 3.05) is 0 Å². The van der Waals surface area contributed by atoms with E-state index in [4.69, 9.17) is 61.3 Å². The van der Waals surface area contributed by atoms with E-state index in [1.807, 2.05) is 55.4 Å². The molecular weight excluding hydrogens is 1440 g/mol. The zero-order valence-corrected chi connectivity index (χ0v) is 78.5. The van der Waals surface area contributed by atoms with Gasteiger partial charge in [0.15, 0.2) is 0 Å². The van der Waals surface area contributed by atoms with Crippen LogP contribution in [0.5, 0.6) is 0 Å². The van der Waals surface area contributed by atoms with Gasteiger partial charge in [-0.2, -0.15) is 0 Å². The average molecular weight is 1620 g/mol. The standard InChI is InChI=1S/8C9H18O2.4C4H8O2/c8*1-7(5-8(10)11)6-9(2,3)4;4*1-3(2)4(5)6/h8*7H,5-6H2,1-4H3,(H,10,11);4*3H,1-2H3,(H,5,6). The lowest BCUT2D eigenvalue weighted by Crippen LogP contribution is -2.13. The third-order valence-corrected chi connectivity index (χ3v) is 13.8. The van der Waals surface area contributed by atoms with E-state index in [1.165, 1.54) is 0 Å². The molecule has 0 spiro atoms. The SMILES string of the molecule is CC(C)C(=O)O.CC(C)C(=O)O.CC(C)C(=O)O.CC(C)C(=O)O.CC(CC(=O)O)CC(C)(C)C.CC(CC(=O)O)CC(C)(C)C.CC(CC(=O)O)CC(C)(C)C.CC(CC(=O)O)CC(C)(C)C.CC(CC(=O)O)CC(C)(C)C.CC(CC(=O)O)CC(C)(C)C.CC(CC(=O)O)CC(C)(C)C.CC(CC(=O)O)CC(C)(C)C. The number of carboxylic acid groups (broad SMARTS) is 12. The van der Waals surface area contributed by atoms with Crippen molar-refractivity contribution < 1.29 is 119 Å². The van der Waals surface area contributed by atoms with Gasteiger partial charge in [-0.3, -0.25) is 57.5 Å². The zero-order valence-electron chi connectivity index (χ0n) is 78.5. The first-order valence-electron chi connectivity index (χ1n) is 39.7. The molecule has 112 heavy (non-hydrogen) atoms. The van der Waals surface area contributed by atoms with Gasteiger partial charge in [-0.15, -0.1) is 0 Å². The van der Waals surface area contributed by atoms with E-state index >= 15 is 0 Å². The fraction of sp³-hybridized carbons (Fsp3) is 0.864. The van der Waals surface area contributed by atoms with Gasteiger partial charge in [0, 0.05) is 51.4 Å². The fourth-order valence-corrected chi connectivity index (χ4v) is 11.3. The molecule has 0 saturated heterocycles. The first kappa shape index (κ1) is 132. The Kier molecular flexibility index (Phi) is 78.8. The number of carbonyl (C=O) groups is 12. The van der Waals surface area contributed by atoms with E-state index in [0.717, 1.165) is 51.4 Å². The molecule has 0 aliphatic carbocycles. The van der Waals surface area contributed by atoms with Crippen LogP contribution < -0.4 is 0 Å². The van der Waals surface area contributed by atoms with Gasteiger partial charge >= 0.3 is 71.6 Å². The van der Waals surface area contributed by atoms with Crippen molar-refractivity contribution in [1.29, 1.82) is 0 Å². The maximum absolute atomic E-state index is 10.3. The third kappa shape index (κ3) is 164. The summed E-state index contributed by atoms with van der Waals surface area (Å²) in [6, 6.07) is 0. The second-order valence-electron chi connectivity index (χ2n) is 41.7. The molecule has 0 aliphatic rings. The molecule has 0 aromatic rings. The maximum Gasteiger partial charge on any atom is 0.305 e. The summed E-state index contributed by atoms with van der Waals surface area (Å²) in [5.74, 6) is -7.15. The van der Waals surface area contributed by atoms with Crippen molar-refractivity contribution in [2.45, 2.75) is 380 Å². The monoisotopic (exact) mass is 1620 g/mol. The lowest BCUT2D eigenvalue weighted by atomic mass is 9.84. The second-order valence-corrected chi connectivity index (χ2v) is 41.7. The van der Waals surface area contributed by atoms with E-state index in [-0.39, 0.29) is 166 Å². The molecule has 0 aromatic heterocycles. The second kappa shape index (κ2) is 66.9. The molecule has 0 rings (SSSR count). The Morgan fingerprint density at radius 1 is 0.161 bits per heavy atom. The predicted molar refractivity (Wildman–Crippen MR) is 454 cm³/mol. The van der Waals surface area contributed by atoms with E-state index in [0.29, 0.717) is 0 Å². The quantitative estimate of drug-likeness (QED) is 0.0346. The summed E-state index contributed by atoms with van der Waals surface area (Å²) >= 11 is 0. The van der Waals surface area contributed by atoms with Gasteiger partial charge in [-0.05, 0) is 142 Å². The molecule has 0 fully saturated rings. The molecule has 0 amide bonds. The third-order valence-electron chi connectivity index (χ3n) is 13.8. The van der Waals surface area contributed by atoms with Gasteiger partial charge in [-0.1, -0.05) is 277 Å². The molecule has 24 heteroatoms. The smallest absolute Gasteiger partial charge is 0.305 e. The molecule has 0 bridgehead atoms. The Morgan fingerprint density at radius 2 is 0.214 bits per heavy atom. The molecule has 8 atom stereocenters. The van der Waals surface area contributed by atoms with Crippen molar-refractivity contribution in [3.8, 4) is 0 Å². The van der Waals surface area contributed by atoms with Crippen LogP contribution in [0.15, 0.2) is 0 Å². The summed E-state index contributed by atoms with van der Waals surface area (Å²) in [4.78, 5) is 121. The molecular formula is C88H176O24. The zero-order chi connectivity index (χ0) is 93.2.